The predicted octanol–water partition coefficient (Wildman–Crippen LogP) is 4.01. The Morgan fingerprint density at radius 3 is 2.25 bits per heavy atom. The van der Waals surface area contributed by atoms with Gasteiger partial charge in [-0.3, -0.25) is 4.79 Å². The Kier molecular flexibility index (Phi) is 3.91. The molecule has 0 fully saturated rings. The van der Waals surface area contributed by atoms with Crippen LogP contribution in [0.25, 0.3) is 0 Å². The van der Waals surface area contributed by atoms with Crippen LogP contribution in [-0.4, -0.2) is 11.4 Å². The van der Waals surface area contributed by atoms with Crippen LogP contribution in [0.15, 0.2) is 18.2 Å². The highest BCUT2D eigenvalue weighted by Gasteiger charge is 2.16. The largest absolute Gasteiger partial charge is 0.547 e. The van der Waals surface area contributed by atoms with Gasteiger partial charge in [0.15, 0.2) is 0 Å². The van der Waals surface area contributed by atoms with Crippen molar-refractivity contribution in [2.24, 2.45) is 0 Å². The van der Waals surface area contributed by atoms with Crippen molar-refractivity contribution in [2.75, 3.05) is 0 Å². The van der Waals surface area contributed by atoms with E-state index in [4.69, 9.17) is 0 Å². The van der Waals surface area contributed by atoms with Gasteiger partial charge < -0.3 is 9.24 Å². The van der Waals surface area contributed by atoms with Crippen molar-refractivity contribution in [1.82, 2.24) is 0 Å². The van der Waals surface area contributed by atoms with E-state index in [1.807, 2.05) is 19.9 Å². The molecule has 0 radical (unpaired) electrons. The smallest absolute Gasteiger partial charge is 0.137 e. The highest BCUT2D eigenvalue weighted by atomic mass is 31.0. The third-order valence-corrected chi connectivity index (χ3v) is 3.01. The minimum absolute atomic E-state index is 0.126. The minimum atomic E-state index is -0.126. The Morgan fingerprint density at radius 1 is 1.31 bits per heavy atom. The number of aryl methyl sites for hydroxylation is 1. The minimum Gasteiger partial charge on any atom is -0.547 e. The second-order valence-corrected chi connectivity index (χ2v) is 6.23. The van der Waals surface area contributed by atoms with E-state index < -0.39 is 0 Å². The van der Waals surface area contributed by atoms with Gasteiger partial charge in [0.2, 0.25) is 0 Å². The summed E-state index contributed by atoms with van der Waals surface area (Å²) in [5, 5.41) is 0. The van der Waals surface area contributed by atoms with Crippen LogP contribution < -0.4 is 0 Å². The number of Topliss-reactive ketones (excluding diaryl/α,β-unsaturated/α-hetero) is 1. The molecule has 0 aromatic heterocycles. The fraction of sp³-hybridized carbons (Fsp3) is 0.500. The van der Waals surface area contributed by atoms with Gasteiger partial charge in [-0.25, -0.2) is 0 Å². The molecule has 2 heteroatoms. The van der Waals surface area contributed by atoms with Gasteiger partial charge in [-0.05, 0) is 23.5 Å². The number of hydrogen-bond acceptors (Lipinski definition) is 1. The molecule has 0 aliphatic heterocycles. The van der Waals surface area contributed by atoms with Crippen LogP contribution in [0.2, 0.25) is 0 Å². The lowest BCUT2D eigenvalue weighted by Crippen LogP contribution is -2.15. The maximum atomic E-state index is 11.9. The van der Waals surface area contributed by atoms with Crippen LogP contribution >= 0.6 is 9.24 Å². The fourth-order valence-electron chi connectivity index (χ4n) is 1.64. The second-order valence-electron chi connectivity index (χ2n) is 5.37. The van der Waals surface area contributed by atoms with E-state index in [-0.39, 0.29) is 16.9 Å². The first-order valence-corrected chi connectivity index (χ1v) is 6.17. The normalized spacial score (nSPS) is 13.6. The van der Waals surface area contributed by atoms with E-state index in [0.717, 1.165) is 11.1 Å². The van der Waals surface area contributed by atoms with Gasteiger partial charge >= 0.3 is 0 Å². The van der Waals surface area contributed by atoms with Gasteiger partial charge in [0.25, 0.3) is 0 Å². The molecule has 16 heavy (non-hydrogen) atoms. The average molecular weight is 235 g/mol. The molecule has 1 atom stereocenters. The van der Waals surface area contributed by atoms with E-state index >= 15 is 0 Å². The molecule has 0 N–H and O–H groups in total. The summed E-state index contributed by atoms with van der Waals surface area (Å²) in [7, 11) is 3.37. The Hall–Kier alpha value is -0.680. The molecule has 0 amide bonds. The summed E-state index contributed by atoms with van der Waals surface area (Å²) in [6.07, 6.45) is 0. The van der Waals surface area contributed by atoms with Crippen LogP contribution in [0, 0.1) is 6.92 Å². The summed E-state index contributed by atoms with van der Waals surface area (Å²) in [4.78, 5) is 11.9. The molecule has 1 aromatic carbocycles. The molecule has 0 bridgehead atoms. The Balaban J connectivity index is 3.15. The molecule has 1 aromatic rings. The first-order valence-electron chi connectivity index (χ1n) is 5.60. The molecular formula is C14H20OP-. The van der Waals surface area contributed by atoms with Crippen molar-refractivity contribution in [3.05, 3.63) is 34.9 Å². The average Bonchev–Trinajstić information content (AvgIpc) is 2.15. The predicted molar refractivity (Wildman–Crippen MR) is 72.0 cm³/mol. The van der Waals surface area contributed by atoms with Crippen molar-refractivity contribution in [3.63, 3.8) is 0 Å². The zero-order valence-corrected chi connectivity index (χ0v) is 11.7. The lowest BCUT2D eigenvalue weighted by molar-refractivity contribution is 0.0993. The van der Waals surface area contributed by atoms with Gasteiger partial charge in [0.05, 0.1) is 0 Å². The van der Waals surface area contributed by atoms with Crippen molar-refractivity contribution in [3.8, 4) is 0 Å². The topological polar surface area (TPSA) is 17.1 Å². The van der Waals surface area contributed by atoms with Crippen molar-refractivity contribution < 1.29 is 4.79 Å². The van der Waals surface area contributed by atoms with Crippen LogP contribution in [-0.2, 0) is 5.41 Å². The van der Waals surface area contributed by atoms with Crippen LogP contribution in [0.4, 0.5) is 0 Å². The third-order valence-electron chi connectivity index (χ3n) is 2.75. The van der Waals surface area contributed by atoms with E-state index in [2.05, 4.69) is 42.1 Å². The first kappa shape index (κ1) is 13.4. The summed E-state index contributed by atoms with van der Waals surface area (Å²) in [6, 6.07) is 6.10. The number of ketones is 1. The molecule has 0 saturated heterocycles. The number of hydrogen-bond donors (Lipinski definition) is 0. The molecular weight excluding hydrogens is 215 g/mol. The molecule has 88 valence electrons. The molecule has 0 spiro atoms. The highest BCUT2D eigenvalue weighted by Crippen LogP contribution is 2.25. The van der Waals surface area contributed by atoms with Crippen molar-refractivity contribution in [1.29, 1.82) is 0 Å². The van der Waals surface area contributed by atoms with Gasteiger partial charge in [-0.1, -0.05) is 45.9 Å². The van der Waals surface area contributed by atoms with Crippen LogP contribution in [0.1, 0.15) is 49.2 Å². The van der Waals surface area contributed by atoms with E-state index in [1.54, 1.807) is 0 Å². The van der Waals surface area contributed by atoms with E-state index in [1.165, 1.54) is 5.56 Å². The Morgan fingerprint density at radius 2 is 1.88 bits per heavy atom. The van der Waals surface area contributed by atoms with Gasteiger partial charge in [-0.15, -0.1) is 5.66 Å². The fourth-order valence-corrected chi connectivity index (χ4v) is 1.80. The summed E-state index contributed by atoms with van der Waals surface area (Å²) in [5.74, 6) is 0.148. The third kappa shape index (κ3) is 2.92. The highest BCUT2D eigenvalue weighted by molar-refractivity contribution is 7.19. The number of rotatable bonds is 2. The zero-order valence-electron chi connectivity index (χ0n) is 10.7. The second kappa shape index (κ2) is 4.67. The molecule has 0 aliphatic carbocycles. The first-order chi connectivity index (χ1) is 7.23. The van der Waals surface area contributed by atoms with Crippen molar-refractivity contribution >= 4 is 15.0 Å². The number of benzene rings is 1. The van der Waals surface area contributed by atoms with E-state index in [0.29, 0.717) is 0 Å². The Labute approximate surface area is 101 Å². The number of carbonyl (C=O) groups excluding carboxylic acids is 1. The molecule has 1 unspecified atom stereocenters. The Bertz CT molecular complexity index is 400. The summed E-state index contributed by atoms with van der Waals surface area (Å²) in [6.45, 7) is 10.4. The molecule has 1 rings (SSSR count). The zero-order chi connectivity index (χ0) is 12.5. The monoisotopic (exact) mass is 235 g/mol. The van der Waals surface area contributed by atoms with E-state index in [9.17, 15) is 4.79 Å². The van der Waals surface area contributed by atoms with Gasteiger partial charge in [0.1, 0.15) is 5.78 Å². The van der Waals surface area contributed by atoms with Crippen molar-refractivity contribution in [2.45, 2.75) is 45.7 Å². The van der Waals surface area contributed by atoms with Crippen LogP contribution in [0.5, 0.6) is 0 Å². The standard InChI is InChI=1S/C14H20OP/c1-9-8-11(14(3,4)5)6-7-12(9)13(15)10(2)16/h6-8,10,16H,1-5H3/q-1. The SMILES string of the molecule is Cc1cc(C(C)(C)C)ccc1C(=O)C(C)[PH-]. The van der Waals surface area contributed by atoms with Gasteiger partial charge in [0, 0.05) is 5.56 Å². The number of carbonyl (C=O) groups is 1. The maximum Gasteiger partial charge on any atom is 0.137 e. The molecule has 0 saturated carbocycles. The quantitative estimate of drug-likeness (QED) is 0.559. The summed E-state index contributed by atoms with van der Waals surface area (Å²) in [5.41, 5.74) is 3.15. The maximum absolute atomic E-state index is 11.9. The molecule has 1 nitrogen and oxygen atoms in total. The molecule has 0 aliphatic rings. The van der Waals surface area contributed by atoms with Crippen LogP contribution in [0.3, 0.4) is 0 Å². The molecule has 0 heterocycles. The summed E-state index contributed by atoms with van der Waals surface area (Å²) < 4.78 is 0. The lowest BCUT2D eigenvalue weighted by atomic mass is 9.85. The summed E-state index contributed by atoms with van der Waals surface area (Å²) >= 11 is 0. The van der Waals surface area contributed by atoms with Gasteiger partial charge in [-0.2, -0.15) is 0 Å². The lowest BCUT2D eigenvalue weighted by Gasteiger charge is -2.21.